The van der Waals surface area contributed by atoms with E-state index in [-0.39, 0.29) is 35.4 Å². The SMILES string of the molecule is Cl.Nc1ncc(Cl)c2c1c(-c1ccc(C(=O)Nc3ccccn3)cc1F)nn2C1CCCNC1. The molecule has 1 aliphatic heterocycles. The van der Waals surface area contributed by atoms with Crippen molar-refractivity contribution in [1.82, 2.24) is 25.1 Å². The van der Waals surface area contributed by atoms with Gasteiger partial charge in [0, 0.05) is 23.9 Å². The highest BCUT2D eigenvalue weighted by Crippen LogP contribution is 2.38. The normalized spacial score (nSPS) is 15.6. The first kappa shape index (κ1) is 23.9. The number of nitrogens with two attached hydrogens (primary N) is 1. The summed E-state index contributed by atoms with van der Waals surface area (Å²) in [7, 11) is 0. The standard InChI is InChI=1S/C23H21ClFN7O.ClH/c24-16-12-29-22(26)19-20(31-32(21(16)19)14-4-3-8-27-11-14)15-7-6-13(10-17(15)25)23(33)30-18-5-1-2-9-28-18;/h1-2,5-7,9-10,12,14,27H,3-4,8,11H2,(H2,26,29)(H,28,30,33);1H. The third kappa shape index (κ3) is 4.42. The second-order valence-corrected chi connectivity index (χ2v) is 8.28. The molecule has 4 aromatic rings. The Bertz CT molecular complexity index is 1340. The lowest BCUT2D eigenvalue weighted by Crippen LogP contribution is -2.32. The number of hydrogen-bond donors (Lipinski definition) is 3. The van der Waals surface area contributed by atoms with E-state index in [2.05, 4.69) is 20.6 Å². The Morgan fingerprint density at radius 1 is 1.26 bits per heavy atom. The molecule has 1 fully saturated rings. The summed E-state index contributed by atoms with van der Waals surface area (Å²) in [6.07, 6.45) is 4.95. The number of amides is 1. The lowest BCUT2D eigenvalue weighted by Gasteiger charge is -2.24. The van der Waals surface area contributed by atoms with Gasteiger partial charge in [0.25, 0.3) is 5.91 Å². The van der Waals surface area contributed by atoms with Crippen LogP contribution < -0.4 is 16.4 Å². The van der Waals surface area contributed by atoms with Crippen molar-refractivity contribution in [1.29, 1.82) is 0 Å². The van der Waals surface area contributed by atoms with E-state index in [0.29, 0.717) is 27.4 Å². The molecule has 4 heterocycles. The van der Waals surface area contributed by atoms with Gasteiger partial charge < -0.3 is 16.4 Å². The molecule has 0 bridgehead atoms. The van der Waals surface area contributed by atoms with E-state index in [1.807, 2.05) is 4.68 Å². The Kier molecular flexibility index (Phi) is 6.97. The summed E-state index contributed by atoms with van der Waals surface area (Å²) in [4.78, 5) is 20.8. The van der Waals surface area contributed by atoms with Crippen LogP contribution in [-0.2, 0) is 0 Å². The van der Waals surface area contributed by atoms with Crippen LogP contribution in [0.1, 0.15) is 29.2 Å². The smallest absolute Gasteiger partial charge is 0.256 e. The highest BCUT2D eigenvalue weighted by Gasteiger charge is 2.26. The van der Waals surface area contributed by atoms with Crippen LogP contribution in [0.4, 0.5) is 16.0 Å². The number of fused-ring (bicyclic) bond motifs is 1. The highest BCUT2D eigenvalue weighted by atomic mass is 35.5. The number of piperidine rings is 1. The summed E-state index contributed by atoms with van der Waals surface area (Å²) in [6.45, 7) is 1.67. The van der Waals surface area contributed by atoms with Crippen LogP contribution in [0.15, 0.2) is 48.8 Å². The minimum atomic E-state index is -0.601. The number of benzene rings is 1. The quantitative estimate of drug-likeness (QED) is 0.380. The molecule has 0 aliphatic carbocycles. The molecular weight excluding hydrogens is 480 g/mol. The van der Waals surface area contributed by atoms with Gasteiger partial charge in [0.15, 0.2) is 0 Å². The van der Waals surface area contributed by atoms with E-state index in [1.54, 1.807) is 24.4 Å². The second kappa shape index (κ2) is 9.92. The number of nitrogens with zero attached hydrogens (tertiary/aromatic N) is 4. The van der Waals surface area contributed by atoms with Gasteiger partial charge in [-0.3, -0.25) is 9.48 Å². The van der Waals surface area contributed by atoms with Crippen LogP contribution >= 0.6 is 24.0 Å². The molecule has 0 spiro atoms. The van der Waals surface area contributed by atoms with Crippen molar-refractivity contribution in [2.75, 3.05) is 24.1 Å². The van der Waals surface area contributed by atoms with Gasteiger partial charge >= 0.3 is 0 Å². The van der Waals surface area contributed by atoms with E-state index in [0.717, 1.165) is 25.9 Å². The Labute approximate surface area is 206 Å². The number of rotatable bonds is 4. The van der Waals surface area contributed by atoms with E-state index >= 15 is 4.39 Å². The summed E-state index contributed by atoms with van der Waals surface area (Å²) >= 11 is 6.49. The average molecular weight is 502 g/mol. The third-order valence-corrected chi connectivity index (χ3v) is 6.00. The van der Waals surface area contributed by atoms with Crippen LogP contribution in [0.2, 0.25) is 5.02 Å². The molecular formula is C23H22Cl2FN7O. The topological polar surface area (TPSA) is 111 Å². The number of pyridine rings is 2. The fraction of sp³-hybridized carbons (Fsp3) is 0.217. The molecule has 176 valence electrons. The van der Waals surface area contributed by atoms with E-state index in [4.69, 9.17) is 22.4 Å². The van der Waals surface area contributed by atoms with Gasteiger partial charge in [-0.05, 0) is 49.7 Å². The van der Waals surface area contributed by atoms with E-state index in [9.17, 15) is 4.79 Å². The number of nitrogen functional groups attached to an aromatic ring is 1. The van der Waals surface area contributed by atoms with Crippen LogP contribution in [0.25, 0.3) is 22.2 Å². The van der Waals surface area contributed by atoms with Crippen LogP contribution in [0.3, 0.4) is 0 Å². The van der Waals surface area contributed by atoms with Crippen molar-refractivity contribution >= 4 is 52.5 Å². The molecule has 1 amide bonds. The van der Waals surface area contributed by atoms with Gasteiger partial charge in [-0.2, -0.15) is 5.10 Å². The summed E-state index contributed by atoms with van der Waals surface area (Å²) in [5.74, 6) is -0.467. The molecule has 1 aromatic carbocycles. The van der Waals surface area contributed by atoms with Crippen LogP contribution in [0.5, 0.6) is 0 Å². The predicted octanol–water partition coefficient (Wildman–Crippen LogP) is 4.47. The zero-order valence-corrected chi connectivity index (χ0v) is 19.5. The van der Waals surface area contributed by atoms with Crippen LogP contribution in [-0.4, -0.2) is 38.7 Å². The minimum Gasteiger partial charge on any atom is -0.383 e. The van der Waals surface area contributed by atoms with Crippen molar-refractivity contribution in [3.63, 3.8) is 0 Å². The van der Waals surface area contributed by atoms with Gasteiger partial charge in [-0.15, -0.1) is 12.4 Å². The van der Waals surface area contributed by atoms with Crippen molar-refractivity contribution in [2.24, 2.45) is 0 Å². The van der Waals surface area contributed by atoms with Crippen molar-refractivity contribution in [3.05, 3.63) is 65.2 Å². The number of carbonyl (C=O) groups excluding carboxylic acids is 1. The molecule has 3 aromatic heterocycles. The molecule has 5 rings (SSSR count). The third-order valence-electron chi connectivity index (χ3n) is 5.72. The number of halogens is 3. The number of hydrogen-bond acceptors (Lipinski definition) is 6. The lowest BCUT2D eigenvalue weighted by atomic mass is 10.0. The van der Waals surface area contributed by atoms with Gasteiger partial charge in [-0.25, -0.2) is 14.4 Å². The summed E-state index contributed by atoms with van der Waals surface area (Å²) < 4.78 is 17.1. The minimum absolute atomic E-state index is 0. The first-order valence-electron chi connectivity index (χ1n) is 10.6. The lowest BCUT2D eigenvalue weighted by molar-refractivity contribution is 0.102. The van der Waals surface area contributed by atoms with Gasteiger partial charge in [-0.1, -0.05) is 17.7 Å². The van der Waals surface area contributed by atoms with Gasteiger partial charge in [0.05, 0.1) is 28.2 Å². The van der Waals surface area contributed by atoms with Crippen molar-refractivity contribution < 1.29 is 9.18 Å². The number of nitrogens with one attached hydrogen (secondary N) is 2. The Hall–Kier alpha value is -3.27. The summed E-state index contributed by atoms with van der Waals surface area (Å²) in [5, 5.41) is 11.6. The number of anilines is 2. The average Bonchev–Trinajstić information content (AvgIpc) is 3.24. The zero-order valence-electron chi connectivity index (χ0n) is 18.0. The Morgan fingerprint density at radius 2 is 2.12 bits per heavy atom. The van der Waals surface area contributed by atoms with Gasteiger partial charge in [0.2, 0.25) is 0 Å². The maximum absolute atomic E-state index is 15.3. The molecule has 8 nitrogen and oxygen atoms in total. The molecule has 1 atom stereocenters. The fourth-order valence-electron chi connectivity index (χ4n) is 4.13. The van der Waals surface area contributed by atoms with E-state index < -0.39 is 11.7 Å². The van der Waals surface area contributed by atoms with E-state index in [1.165, 1.54) is 24.4 Å². The zero-order chi connectivity index (χ0) is 22.9. The molecule has 1 saturated heterocycles. The molecule has 0 saturated carbocycles. The first-order valence-corrected chi connectivity index (χ1v) is 11.0. The Morgan fingerprint density at radius 3 is 2.82 bits per heavy atom. The maximum atomic E-state index is 15.3. The van der Waals surface area contributed by atoms with Crippen molar-refractivity contribution in [3.8, 4) is 11.3 Å². The predicted molar refractivity (Wildman–Crippen MR) is 133 cm³/mol. The maximum Gasteiger partial charge on any atom is 0.256 e. The highest BCUT2D eigenvalue weighted by molar-refractivity contribution is 6.35. The van der Waals surface area contributed by atoms with Crippen LogP contribution in [0, 0.1) is 5.82 Å². The largest absolute Gasteiger partial charge is 0.383 e. The molecule has 4 N–H and O–H groups in total. The monoisotopic (exact) mass is 501 g/mol. The van der Waals surface area contributed by atoms with Crippen molar-refractivity contribution in [2.45, 2.75) is 18.9 Å². The first-order chi connectivity index (χ1) is 16.0. The molecule has 0 radical (unpaired) electrons. The number of aromatic nitrogens is 4. The van der Waals surface area contributed by atoms with Gasteiger partial charge in [0.1, 0.15) is 23.1 Å². The fourth-order valence-corrected chi connectivity index (χ4v) is 4.36. The molecule has 1 unspecified atom stereocenters. The Balaban J connectivity index is 0.00000274. The summed E-state index contributed by atoms with van der Waals surface area (Å²) in [5.41, 5.74) is 7.54. The molecule has 1 aliphatic rings. The second-order valence-electron chi connectivity index (χ2n) is 7.87. The molecule has 34 heavy (non-hydrogen) atoms. The number of carbonyl (C=O) groups is 1. The molecule has 11 heteroatoms. The summed E-state index contributed by atoms with van der Waals surface area (Å²) in [6, 6.07) is 9.44.